The topological polar surface area (TPSA) is 81.8 Å². The normalized spacial score (nSPS) is 23.8. The number of halogens is 1. The maximum Gasteiger partial charge on any atom is 0.329 e. The molecule has 3 rings (SSSR count). The van der Waals surface area contributed by atoms with E-state index in [1.54, 1.807) is 24.3 Å². The van der Waals surface area contributed by atoms with Gasteiger partial charge >= 0.3 is 6.03 Å². The van der Waals surface area contributed by atoms with Gasteiger partial charge in [0.15, 0.2) is 0 Å². The van der Waals surface area contributed by atoms with E-state index in [-0.39, 0.29) is 24.3 Å². The summed E-state index contributed by atoms with van der Waals surface area (Å²) in [4.78, 5) is 40.0. The SMILES string of the molecule is CC1CNCCN1C(=O)CCC1NC(=O)N(c2ccc(Cl)cc2)C1=O. The molecule has 0 aromatic heterocycles. The number of carbonyl (C=O) groups excluding carboxylic acids is 3. The molecule has 2 unspecified atom stereocenters. The number of nitrogens with one attached hydrogen (secondary N) is 2. The molecule has 0 radical (unpaired) electrons. The molecule has 2 aliphatic rings. The second-order valence-corrected chi connectivity index (χ2v) is 6.77. The minimum atomic E-state index is -0.676. The minimum absolute atomic E-state index is 0.0148. The van der Waals surface area contributed by atoms with Gasteiger partial charge in [-0.15, -0.1) is 0 Å². The number of amides is 4. The van der Waals surface area contributed by atoms with Crippen LogP contribution in [0.2, 0.25) is 5.02 Å². The summed E-state index contributed by atoms with van der Waals surface area (Å²) in [6, 6.07) is 5.48. The average molecular weight is 365 g/mol. The Morgan fingerprint density at radius 1 is 1.28 bits per heavy atom. The summed E-state index contributed by atoms with van der Waals surface area (Å²) >= 11 is 5.84. The highest BCUT2D eigenvalue weighted by molar-refractivity contribution is 6.30. The predicted octanol–water partition coefficient (Wildman–Crippen LogP) is 1.37. The van der Waals surface area contributed by atoms with Gasteiger partial charge in [-0.3, -0.25) is 9.59 Å². The van der Waals surface area contributed by atoms with Crippen molar-refractivity contribution in [1.82, 2.24) is 15.5 Å². The van der Waals surface area contributed by atoms with Gasteiger partial charge < -0.3 is 15.5 Å². The van der Waals surface area contributed by atoms with Gasteiger partial charge in [-0.1, -0.05) is 11.6 Å². The number of piperazine rings is 1. The highest BCUT2D eigenvalue weighted by Gasteiger charge is 2.39. The van der Waals surface area contributed by atoms with Crippen LogP contribution in [0.3, 0.4) is 0 Å². The molecule has 2 fully saturated rings. The Morgan fingerprint density at radius 3 is 2.68 bits per heavy atom. The maximum atomic E-state index is 12.5. The van der Waals surface area contributed by atoms with Crippen molar-refractivity contribution in [3.8, 4) is 0 Å². The molecule has 0 saturated carbocycles. The molecule has 7 nitrogen and oxygen atoms in total. The van der Waals surface area contributed by atoms with Crippen molar-refractivity contribution in [2.24, 2.45) is 0 Å². The van der Waals surface area contributed by atoms with Crippen molar-refractivity contribution in [2.45, 2.75) is 31.8 Å². The second kappa shape index (κ2) is 7.41. The summed E-state index contributed by atoms with van der Waals surface area (Å²) in [5.74, 6) is -0.325. The summed E-state index contributed by atoms with van der Waals surface area (Å²) in [6.45, 7) is 4.21. The predicted molar refractivity (Wildman–Crippen MR) is 94.5 cm³/mol. The van der Waals surface area contributed by atoms with Crippen LogP contribution < -0.4 is 15.5 Å². The lowest BCUT2D eigenvalue weighted by molar-refractivity contribution is -0.134. The van der Waals surface area contributed by atoms with Crippen molar-refractivity contribution in [2.75, 3.05) is 24.5 Å². The Labute approximate surface area is 151 Å². The van der Waals surface area contributed by atoms with Crippen LogP contribution in [0.15, 0.2) is 24.3 Å². The van der Waals surface area contributed by atoms with Crippen molar-refractivity contribution in [1.29, 1.82) is 0 Å². The summed E-state index contributed by atoms with van der Waals surface area (Å²) in [6.07, 6.45) is 0.527. The van der Waals surface area contributed by atoms with Crippen LogP contribution in [-0.2, 0) is 9.59 Å². The van der Waals surface area contributed by atoms with Crippen molar-refractivity contribution in [3.05, 3.63) is 29.3 Å². The molecular weight excluding hydrogens is 344 g/mol. The van der Waals surface area contributed by atoms with E-state index in [1.165, 1.54) is 0 Å². The van der Waals surface area contributed by atoms with E-state index in [0.29, 0.717) is 23.7 Å². The van der Waals surface area contributed by atoms with Gasteiger partial charge in [-0.2, -0.15) is 0 Å². The first-order valence-electron chi connectivity index (χ1n) is 8.37. The van der Waals surface area contributed by atoms with Gasteiger partial charge in [0.05, 0.1) is 5.69 Å². The first kappa shape index (κ1) is 17.7. The number of imide groups is 1. The Balaban J connectivity index is 1.60. The van der Waals surface area contributed by atoms with Crippen LogP contribution in [0.4, 0.5) is 10.5 Å². The van der Waals surface area contributed by atoms with E-state index in [1.807, 2.05) is 11.8 Å². The third-order valence-corrected chi connectivity index (χ3v) is 4.82. The molecule has 0 spiro atoms. The van der Waals surface area contributed by atoms with Crippen LogP contribution in [-0.4, -0.2) is 54.5 Å². The molecule has 2 atom stereocenters. The van der Waals surface area contributed by atoms with Crippen molar-refractivity contribution in [3.63, 3.8) is 0 Å². The number of hydrogen-bond acceptors (Lipinski definition) is 4. The molecule has 134 valence electrons. The maximum absolute atomic E-state index is 12.5. The van der Waals surface area contributed by atoms with Crippen LogP contribution in [0.5, 0.6) is 0 Å². The zero-order chi connectivity index (χ0) is 18.0. The summed E-state index contributed by atoms with van der Waals surface area (Å²) in [5, 5.41) is 6.42. The zero-order valence-electron chi connectivity index (χ0n) is 14.0. The van der Waals surface area contributed by atoms with Gasteiger partial charge in [0.2, 0.25) is 5.91 Å². The Bertz CT molecular complexity index is 679. The number of hydrogen-bond donors (Lipinski definition) is 2. The van der Waals surface area contributed by atoms with Gasteiger partial charge in [-0.25, -0.2) is 9.69 Å². The van der Waals surface area contributed by atoms with E-state index in [2.05, 4.69) is 10.6 Å². The Kier molecular flexibility index (Phi) is 5.24. The zero-order valence-corrected chi connectivity index (χ0v) is 14.8. The minimum Gasteiger partial charge on any atom is -0.337 e. The number of benzene rings is 1. The molecule has 4 amide bonds. The van der Waals surface area contributed by atoms with Crippen LogP contribution in [0.1, 0.15) is 19.8 Å². The highest BCUT2D eigenvalue weighted by Crippen LogP contribution is 2.23. The van der Waals surface area contributed by atoms with E-state index in [4.69, 9.17) is 11.6 Å². The van der Waals surface area contributed by atoms with Crippen molar-refractivity contribution >= 4 is 35.1 Å². The first-order valence-corrected chi connectivity index (χ1v) is 8.75. The average Bonchev–Trinajstić information content (AvgIpc) is 2.88. The lowest BCUT2D eigenvalue weighted by Gasteiger charge is -2.34. The summed E-state index contributed by atoms with van der Waals surface area (Å²) in [5.41, 5.74) is 0.469. The summed E-state index contributed by atoms with van der Waals surface area (Å²) in [7, 11) is 0. The standard InChI is InChI=1S/C17H21ClN4O3/c1-11-10-19-8-9-21(11)15(23)7-6-14-16(24)22(17(25)20-14)13-4-2-12(18)3-5-13/h2-5,11,14,19H,6-10H2,1H3,(H,20,25). The molecule has 0 bridgehead atoms. The number of rotatable bonds is 4. The second-order valence-electron chi connectivity index (χ2n) is 6.33. The van der Waals surface area contributed by atoms with Crippen molar-refractivity contribution < 1.29 is 14.4 Å². The third-order valence-electron chi connectivity index (χ3n) is 4.57. The third kappa shape index (κ3) is 3.77. The van der Waals surface area contributed by atoms with E-state index in [9.17, 15) is 14.4 Å². The Morgan fingerprint density at radius 2 is 2.00 bits per heavy atom. The largest absolute Gasteiger partial charge is 0.337 e. The van der Waals surface area contributed by atoms with Gasteiger partial charge in [0.1, 0.15) is 6.04 Å². The molecule has 2 saturated heterocycles. The highest BCUT2D eigenvalue weighted by atomic mass is 35.5. The molecular formula is C17H21ClN4O3. The lowest BCUT2D eigenvalue weighted by atomic mass is 10.1. The first-order chi connectivity index (χ1) is 12.0. The molecule has 25 heavy (non-hydrogen) atoms. The fourth-order valence-electron chi connectivity index (χ4n) is 3.18. The molecule has 8 heteroatoms. The number of carbonyl (C=O) groups is 3. The fourth-order valence-corrected chi connectivity index (χ4v) is 3.31. The van der Waals surface area contributed by atoms with Crippen LogP contribution >= 0.6 is 11.6 Å². The molecule has 2 heterocycles. The molecule has 1 aromatic rings. The van der Waals surface area contributed by atoms with E-state index < -0.39 is 12.1 Å². The lowest BCUT2D eigenvalue weighted by Crippen LogP contribution is -2.52. The quantitative estimate of drug-likeness (QED) is 0.790. The number of anilines is 1. The van der Waals surface area contributed by atoms with E-state index in [0.717, 1.165) is 18.0 Å². The molecule has 0 aliphatic carbocycles. The van der Waals surface area contributed by atoms with E-state index >= 15 is 0 Å². The van der Waals surface area contributed by atoms with Gasteiger partial charge in [0.25, 0.3) is 5.91 Å². The number of nitrogens with zero attached hydrogens (tertiary/aromatic N) is 2. The van der Waals surface area contributed by atoms with Gasteiger partial charge in [-0.05, 0) is 37.6 Å². The number of urea groups is 1. The molecule has 1 aromatic carbocycles. The smallest absolute Gasteiger partial charge is 0.329 e. The van der Waals surface area contributed by atoms with Crippen LogP contribution in [0, 0.1) is 0 Å². The van der Waals surface area contributed by atoms with Gasteiger partial charge in [0, 0.05) is 37.1 Å². The monoisotopic (exact) mass is 364 g/mol. The fraction of sp³-hybridized carbons (Fsp3) is 0.471. The Hall–Kier alpha value is -2.12. The summed E-state index contributed by atoms with van der Waals surface area (Å²) < 4.78 is 0. The van der Waals surface area contributed by atoms with Crippen LogP contribution in [0.25, 0.3) is 0 Å². The molecule has 2 N–H and O–H groups in total. The molecule has 2 aliphatic heterocycles.